The van der Waals surface area contributed by atoms with Crippen LogP contribution in [0.3, 0.4) is 0 Å². The maximum atomic E-state index is 12.5. The number of rotatable bonds is 3. The van der Waals surface area contributed by atoms with E-state index in [1.807, 2.05) is 0 Å². The molecule has 0 aromatic carbocycles. The van der Waals surface area contributed by atoms with Gasteiger partial charge in [-0.25, -0.2) is 4.98 Å². The van der Waals surface area contributed by atoms with Crippen molar-refractivity contribution in [3.8, 4) is 0 Å². The molecular weight excluding hydrogens is 269 g/mol. The van der Waals surface area contributed by atoms with Gasteiger partial charge in [-0.2, -0.15) is 18.3 Å². The maximum Gasteiger partial charge on any atom is 0.449 e. The van der Waals surface area contributed by atoms with E-state index in [9.17, 15) is 13.2 Å². The van der Waals surface area contributed by atoms with Crippen molar-refractivity contribution in [2.75, 3.05) is 13.7 Å². The summed E-state index contributed by atoms with van der Waals surface area (Å²) in [6.45, 7) is 0.829. The molecule has 0 unspecified atom stereocenters. The highest BCUT2D eigenvalue weighted by atomic mass is 32.1. The first-order valence-corrected chi connectivity index (χ1v) is 5.36. The molecule has 98 valence electrons. The molecular formula is C9H9F3N4OS. The van der Waals surface area contributed by atoms with Gasteiger partial charge in [0.05, 0.1) is 18.5 Å². The predicted octanol–water partition coefficient (Wildman–Crippen LogP) is 2.15. The van der Waals surface area contributed by atoms with Crippen LogP contribution in [0.25, 0.3) is 11.0 Å². The van der Waals surface area contributed by atoms with Crippen molar-refractivity contribution in [2.45, 2.75) is 12.7 Å². The lowest BCUT2D eigenvalue weighted by atomic mass is 10.4. The van der Waals surface area contributed by atoms with Crippen molar-refractivity contribution < 1.29 is 17.9 Å². The summed E-state index contributed by atoms with van der Waals surface area (Å²) in [6.07, 6.45) is -3.03. The quantitative estimate of drug-likeness (QED) is 0.874. The summed E-state index contributed by atoms with van der Waals surface area (Å²) in [6, 6.07) is 0. The van der Waals surface area contributed by atoms with Crippen LogP contribution in [0, 0.1) is 4.64 Å². The number of hydrogen-bond acceptors (Lipinski definition) is 4. The average molecular weight is 278 g/mol. The van der Waals surface area contributed by atoms with Gasteiger partial charge in [-0.3, -0.25) is 4.68 Å². The molecule has 2 heterocycles. The Morgan fingerprint density at radius 1 is 1.50 bits per heavy atom. The van der Waals surface area contributed by atoms with E-state index in [2.05, 4.69) is 15.1 Å². The Bertz CT molecular complexity index is 618. The number of aromatic amines is 1. The summed E-state index contributed by atoms with van der Waals surface area (Å²) in [4.78, 5) is 5.44. The van der Waals surface area contributed by atoms with Gasteiger partial charge < -0.3 is 9.72 Å². The lowest BCUT2D eigenvalue weighted by molar-refractivity contribution is -0.144. The first kappa shape index (κ1) is 13.0. The van der Waals surface area contributed by atoms with Crippen molar-refractivity contribution in [1.29, 1.82) is 0 Å². The number of methoxy groups -OCH3 is 1. The second kappa shape index (κ2) is 4.65. The Balaban J connectivity index is 2.49. The highest BCUT2D eigenvalue weighted by Gasteiger charge is 2.34. The second-order valence-corrected chi connectivity index (χ2v) is 3.92. The summed E-state index contributed by atoms with van der Waals surface area (Å²) in [7, 11) is 1.52. The molecule has 9 heteroatoms. The monoisotopic (exact) mass is 278 g/mol. The van der Waals surface area contributed by atoms with Crippen LogP contribution in [0.1, 0.15) is 5.82 Å². The Hall–Kier alpha value is -1.48. The normalized spacial score (nSPS) is 12.2. The first-order valence-electron chi connectivity index (χ1n) is 4.95. The van der Waals surface area contributed by atoms with E-state index >= 15 is 0 Å². The molecule has 0 bridgehead atoms. The van der Waals surface area contributed by atoms with Gasteiger partial charge in [0.25, 0.3) is 0 Å². The van der Waals surface area contributed by atoms with Gasteiger partial charge >= 0.3 is 6.18 Å². The Kier molecular flexibility index (Phi) is 3.35. The Morgan fingerprint density at radius 3 is 2.83 bits per heavy atom. The molecule has 0 saturated heterocycles. The van der Waals surface area contributed by atoms with Gasteiger partial charge in [0.2, 0.25) is 5.82 Å². The highest BCUT2D eigenvalue weighted by molar-refractivity contribution is 7.71. The van der Waals surface area contributed by atoms with Gasteiger partial charge in [0.1, 0.15) is 4.64 Å². The van der Waals surface area contributed by atoms with Crippen LogP contribution < -0.4 is 0 Å². The van der Waals surface area contributed by atoms with E-state index in [4.69, 9.17) is 17.0 Å². The van der Waals surface area contributed by atoms with E-state index in [1.165, 1.54) is 11.8 Å². The lowest BCUT2D eigenvalue weighted by Gasteiger charge is -2.04. The zero-order valence-corrected chi connectivity index (χ0v) is 10.1. The molecule has 5 nitrogen and oxygen atoms in total. The highest BCUT2D eigenvalue weighted by Crippen LogP contribution is 2.27. The van der Waals surface area contributed by atoms with Gasteiger partial charge in [-0.1, -0.05) is 12.2 Å². The molecule has 2 rings (SSSR count). The minimum absolute atomic E-state index is 0.0680. The summed E-state index contributed by atoms with van der Waals surface area (Å²) >= 11 is 4.82. The fourth-order valence-electron chi connectivity index (χ4n) is 1.41. The average Bonchev–Trinajstić information content (AvgIpc) is 2.68. The van der Waals surface area contributed by atoms with Crippen LogP contribution in [-0.2, 0) is 17.5 Å². The molecule has 0 atom stereocenters. The number of fused-ring (bicyclic) bond motifs is 1. The van der Waals surface area contributed by atoms with Gasteiger partial charge in [0, 0.05) is 13.3 Å². The third kappa shape index (κ3) is 2.51. The van der Waals surface area contributed by atoms with Crippen LogP contribution in [0.2, 0.25) is 0 Å². The third-order valence-electron chi connectivity index (χ3n) is 2.24. The van der Waals surface area contributed by atoms with Crippen LogP contribution in [-0.4, -0.2) is 33.5 Å². The van der Waals surface area contributed by atoms with Gasteiger partial charge in [-0.05, 0) is 0 Å². The molecule has 0 saturated carbocycles. The van der Waals surface area contributed by atoms with E-state index in [0.29, 0.717) is 18.5 Å². The third-order valence-corrected chi connectivity index (χ3v) is 2.55. The summed E-state index contributed by atoms with van der Waals surface area (Å²) in [5.41, 5.74) is 0.0680. The number of ether oxygens (including phenoxy) is 1. The van der Waals surface area contributed by atoms with Crippen molar-refractivity contribution in [3.05, 3.63) is 16.7 Å². The lowest BCUT2D eigenvalue weighted by Crippen LogP contribution is -2.11. The van der Waals surface area contributed by atoms with Crippen LogP contribution in [0.5, 0.6) is 0 Å². The number of alkyl halides is 3. The predicted molar refractivity (Wildman–Crippen MR) is 59.6 cm³/mol. The number of H-pyrrole nitrogens is 1. The second-order valence-electron chi connectivity index (χ2n) is 3.54. The molecule has 0 fully saturated rings. The standard InChI is InChI=1S/C9H9F3N4OS/c1-17-3-2-16-4-5-6(15-16)13-8(9(10,11)12)14-7(5)18/h4H,2-3H2,1H3,(H,13,14,15,18). The van der Waals surface area contributed by atoms with Crippen molar-refractivity contribution in [3.63, 3.8) is 0 Å². The van der Waals surface area contributed by atoms with E-state index in [0.717, 1.165) is 0 Å². The van der Waals surface area contributed by atoms with Crippen LogP contribution >= 0.6 is 12.2 Å². The van der Waals surface area contributed by atoms with E-state index < -0.39 is 12.0 Å². The smallest absolute Gasteiger partial charge is 0.383 e. The fourth-order valence-corrected chi connectivity index (χ4v) is 1.65. The molecule has 0 aliphatic rings. The number of nitrogens with one attached hydrogen (secondary N) is 1. The number of hydrogen-bond donors (Lipinski definition) is 1. The largest absolute Gasteiger partial charge is 0.449 e. The molecule has 0 spiro atoms. The van der Waals surface area contributed by atoms with Gasteiger partial charge in [0.15, 0.2) is 5.65 Å². The number of aromatic nitrogens is 4. The summed E-state index contributed by atoms with van der Waals surface area (Å²) < 4.78 is 43.7. The molecule has 0 amide bonds. The number of halogens is 3. The van der Waals surface area contributed by atoms with Crippen molar-refractivity contribution >= 4 is 23.3 Å². The van der Waals surface area contributed by atoms with Crippen LogP contribution in [0.4, 0.5) is 13.2 Å². The molecule has 0 radical (unpaired) electrons. The van der Waals surface area contributed by atoms with Crippen molar-refractivity contribution in [1.82, 2.24) is 19.7 Å². The van der Waals surface area contributed by atoms with Crippen LogP contribution in [0.15, 0.2) is 6.20 Å². The van der Waals surface area contributed by atoms with E-state index in [-0.39, 0.29) is 10.3 Å². The maximum absolute atomic E-state index is 12.5. The Morgan fingerprint density at radius 2 is 2.22 bits per heavy atom. The minimum atomic E-state index is -4.57. The topological polar surface area (TPSA) is 55.7 Å². The minimum Gasteiger partial charge on any atom is -0.383 e. The molecule has 1 N–H and O–H groups in total. The van der Waals surface area contributed by atoms with Gasteiger partial charge in [-0.15, -0.1) is 0 Å². The molecule has 18 heavy (non-hydrogen) atoms. The molecule has 0 aliphatic heterocycles. The SMILES string of the molecule is COCCn1cc2c(=S)nc(C(F)(F)F)[nH]c2n1. The molecule has 2 aromatic heterocycles. The van der Waals surface area contributed by atoms with E-state index in [1.54, 1.807) is 6.20 Å². The van der Waals surface area contributed by atoms with Crippen molar-refractivity contribution in [2.24, 2.45) is 0 Å². The summed E-state index contributed by atoms with van der Waals surface area (Å²) in [5, 5.41) is 4.34. The molecule has 2 aromatic rings. The summed E-state index contributed by atoms with van der Waals surface area (Å²) in [5.74, 6) is -1.14. The Labute approximate surface area is 105 Å². The first-order chi connectivity index (χ1) is 8.41. The zero-order valence-electron chi connectivity index (χ0n) is 9.28. The zero-order chi connectivity index (χ0) is 13.3. The molecule has 0 aliphatic carbocycles. The fraction of sp³-hybridized carbons (Fsp3) is 0.444. The number of nitrogens with zero attached hydrogens (tertiary/aromatic N) is 3.